The Morgan fingerprint density at radius 1 is 1.10 bits per heavy atom. The summed E-state index contributed by atoms with van der Waals surface area (Å²) in [6.45, 7) is 7.17. The maximum absolute atomic E-state index is 6.38. The van der Waals surface area contributed by atoms with Gasteiger partial charge in [-0.2, -0.15) is 0 Å². The second kappa shape index (κ2) is 5.94. The van der Waals surface area contributed by atoms with Gasteiger partial charge in [0.2, 0.25) is 0 Å². The molecule has 1 spiro atoms. The molecule has 20 heavy (non-hydrogen) atoms. The molecule has 2 aliphatic heterocycles. The van der Waals surface area contributed by atoms with Crippen LogP contribution in [0.1, 0.15) is 58.3 Å². The van der Waals surface area contributed by atoms with Crippen molar-refractivity contribution in [3.05, 3.63) is 0 Å². The summed E-state index contributed by atoms with van der Waals surface area (Å²) in [5.74, 6) is 0. The second-order valence-electron chi connectivity index (χ2n) is 7.91. The molecule has 0 radical (unpaired) electrons. The van der Waals surface area contributed by atoms with E-state index < -0.39 is 0 Å². The molecular weight excluding hydrogens is 248 g/mol. The third kappa shape index (κ3) is 3.37. The normalized spacial score (nSPS) is 33.0. The summed E-state index contributed by atoms with van der Waals surface area (Å²) in [5, 5.41) is 3.72. The molecular formula is C17H32N2O. The minimum atomic E-state index is 0.295. The van der Waals surface area contributed by atoms with Crippen molar-refractivity contribution in [1.82, 2.24) is 10.2 Å². The zero-order valence-electron chi connectivity index (χ0n) is 13.4. The average Bonchev–Trinajstić information content (AvgIpc) is 3.05. The summed E-state index contributed by atoms with van der Waals surface area (Å²) in [5.41, 5.74) is 0.792. The van der Waals surface area contributed by atoms with E-state index in [4.69, 9.17) is 4.74 Å². The second-order valence-corrected chi connectivity index (χ2v) is 7.91. The molecule has 0 aromatic carbocycles. The SMILES string of the molecule is CN1CCC(C)(CNCC2CCC3(CCCC3)O2)CC1. The molecule has 0 amide bonds. The molecule has 0 bridgehead atoms. The van der Waals surface area contributed by atoms with Crippen molar-refractivity contribution < 1.29 is 4.74 Å². The van der Waals surface area contributed by atoms with Gasteiger partial charge < -0.3 is 15.0 Å². The summed E-state index contributed by atoms with van der Waals surface area (Å²) >= 11 is 0. The highest BCUT2D eigenvalue weighted by Crippen LogP contribution is 2.43. The van der Waals surface area contributed by atoms with Gasteiger partial charge in [-0.3, -0.25) is 0 Å². The third-order valence-corrected chi connectivity index (χ3v) is 5.97. The largest absolute Gasteiger partial charge is 0.370 e. The van der Waals surface area contributed by atoms with Crippen LogP contribution in [0, 0.1) is 5.41 Å². The molecule has 1 saturated carbocycles. The van der Waals surface area contributed by atoms with Crippen molar-refractivity contribution >= 4 is 0 Å². The van der Waals surface area contributed by atoms with Crippen LogP contribution in [0.3, 0.4) is 0 Å². The number of hydrogen-bond donors (Lipinski definition) is 1. The summed E-state index contributed by atoms with van der Waals surface area (Å²) in [4.78, 5) is 2.45. The first-order chi connectivity index (χ1) is 9.59. The molecule has 116 valence electrons. The van der Waals surface area contributed by atoms with E-state index in [-0.39, 0.29) is 0 Å². The van der Waals surface area contributed by atoms with Gasteiger partial charge >= 0.3 is 0 Å². The van der Waals surface area contributed by atoms with Crippen molar-refractivity contribution in [2.75, 3.05) is 33.2 Å². The number of likely N-dealkylation sites (tertiary alicyclic amines) is 1. The molecule has 3 fully saturated rings. The van der Waals surface area contributed by atoms with Gasteiger partial charge in [-0.05, 0) is 64.1 Å². The fourth-order valence-corrected chi connectivity index (χ4v) is 4.30. The smallest absolute Gasteiger partial charge is 0.0708 e. The molecule has 1 N–H and O–H groups in total. The fraction of sp³-hybridized carbons (Fsp3) is 1.00. The van der Waals surface area contributed by atoms with Crippen molar-refractivity contribution in [3.63, 3.8) is 0 Å². The maximum Gasteiger partial charge on any atom is 0.0708 e. The quantitative estimate of drug-likeness (QED) is 0.857. The van der Waals surface area contributed by atoms with Gasteiger partial charge in [0.25, 0.3) is 0 Å². The van der Waals surface area contributed by atoms with Crippen LogP contribution in [0.2, 0.25) is 0 Å². The lowest BCUT2D eigenvalue weighted by atomic mass is 9.80. The number of ether oxygens (including phenoxy) is 1. The van der Waals surface area contributed by atoms with E-state index in [9.17, 15) is 0 Å². The first kappa shape index (κ1) is 14.8. The van der Waals surface area contributed by atoms with E-state index in [1.807, 2.05) is 0 Å². The standard InChI is InChI=1S/C17H32N2O/c1-16(9-11-19(2)12-10-16)14-18-13-15-5-8-17(20-15)6-3-4-7-17/h15,18H,3-14H2,1-2H3. The summed E-state index contributed by atoms with van der Waals surface area (Å²) < 4.78 is 6.38. The Kier molecular flexibility index (Phi) is 4.40. The maximum atomic E-state index is 6.38. The average molecular weight is 280 g/mol. The van der Waals surface area contributed by atoms with Gasteiger partial charge in [0.05, 0.1) is 11.7 Å². The van der Waals surface area contributed by atoms with Crippen molar-refractivity contribution in [1.29, 1.82) is 0 Å². The predicted molar refractivity (Wildman–Crippen MR) is 83.0 cm³/mol. The topological polar surface area (TPSA) is 24.5 Å². The highest BCUT2D eigenvalue weighted by molar-refractivity contribution is 4.93. The van der Waals surface area contributed by atoms with Crippen molar-refractivity contribution in [2.45, 2.75) is 70.0 Å². The van der Waals surface area contributed by atoms with E-state index in [2.05, 4.69) is 24.2 Å². The third-order valence-electron chi connectivity index (χ3n) is 5.97. The number of rotatable bonds is 4. The van der Waals surface area contributed by atoms with Gasteiger partial charge in [0, 0.05) is 13.1 Å². The van der Waals surface area contributed by atoms with Crippen LogP contribution in [0.4, 0.5) is 0 Å². The molecule has 2 heterocycles. The number of nitrogens with one attached hydrogen (secondary N) is 1. The van der Waals surface area contributed by atoms with E-state index in [0.717, 1.165) is 13.1 Å². The molecule has 3 rings (SSSR count). The lowest BCUT2D eigenvalue weighted by Gasteiger charge is -2.38. The van der Waals surface area contributed by atoms with Crippen LogP contribution in [-0.4, -0.2) is 49.8 Å². The molecule has 1 aliphatic carbocycles. The van der Waals surface area contributed by atoms with E-state index in [0.29, 0.717) is 17.1 Å². The number of hydrogen-bond acceptors (Lipinski definition) is 3. The summed E-state index contributed by atoms with van der Waals surface area (Å²) in [6, 6.07) is 0. The summed E-state index contributed by atoms with van der Waals surface area (Å²) in [6.07, 6.45) is 11.1. The molecule has 3 nitrogen and oxygen atoms in total. The highest BCUT2D eigenvalue weighted by Gasteiger charge is 2.42. The highest BCUT2D eigenvalue weighted by atomic mass is 16.5. The lowest BCUT2D eigenvalue weighted by Crippen LogP contribution is -2.43. The Hall–Kier alpha value is -0.120. The molecule has 0 aromatic heterocycles. The Balaban J connectivity index is 1.38. The Bertz CT molecular complexity index is 317. The monoisotopic (exact) mass is 280 g/mol. The molecule has 1 unspecified atom stereocenters. The predicted octanol–water partition coefficient (Wildman–Crippen LogP) is 2.80. The molecule has 3 aliphatic rings. The van der Waals surface area contributed by atoms with Crippen LogP contribution in [0.5, 0.6) is 0 Å². The lowest BCUT2D eigenvalue weighted by molar-refractivity contribution is -0.0360. The van der Waals surface area contributed by atoms with Gasteiger partial charge in [-0.25, -0.2) is 0 Å². The number of piperidine rings is 1. The van der Waals surface area contributed by atoms with Crippen LogP contribution in [0.25, 0.3) is 0 Å². The summed E-state index contributed by atoms with van der Waals surface area (Å²) in [7, 11) is 2.24. The minimum absolute atomic E-state index is 0.295. The Morgan fingerprint density at radius 3 is 2.50 bits per heavy atom. The number of nitrogens with zero attached hydrogens (tertiary/aromatic N) is 1. The minimum Gasteiger partial charge on any atom is -0.370 e. The zero-order chi connectivity index (χ0) is 14.1. The Labute approximate surface area is 124 Å². The van der Waals surface area contributed by atoms with Crippen LogP contribution in [-0.2, 0) is 4.74 Å². The molecule has 0 aromatic rings. The van der Waals surface area contributed by atoms with Gasteiger partial charge in [-0.1, -0.05) is 19.8 Å². The van der Waals surface area contributed by atoms with E-state index >= 15 is 0 Å². The van der Waals surface area contributed by atoms with E-state index in [1.165, 1.54) is 64.5 Å². The van der Waals surface area contributed by atoms with E-state index in [1.54, 1.807) is 0 Å². The van der Waals surface area contributed by atoms with Gasteiger partial charge in [0.15, 0.2) is 0 Å². The molecule has 3 heteroatoms. The van der Waals surface area contributed by atoms with Crippen LogP contribution < -0.4 is 5.32 Å². The molecule has 2 saturated heterocycles. The fourth-order valence-electron chi connectivity index (χ4n) is 4.30. The first-order valence-corrected chi connectivity index (χ1v) is 8.66. The first-order valence-electron chi connectivity index (χ1n) is 8.66. The van der Waals surface area contributed by atoms with Crippen molar-refractivity contribution in [3.8, 4) is 0 Å². The van der Waals surface area contributed by atoms with Crippen LogP contribution in [0.15, 0.2) is 0 Å². The Morgan fingerprint density at radius 2 is 1.80 bits per heavy atom. The van der Waals surface area contributed by atoms with Crippen LogP contribution >= 0.6 is 0 Å². The molecule has 1 atom stereocenters. The zero-order valence-corrected chi connectivity index (χ0v) is 13.4. The van der Waals surface area contributed by atoms with Gasteiger partial charge in [-0.15, -0.1) is 0 Å². The van der Waals surface area contributed by atoms with Crippen molar-refractivity contribution in [2.24, 2.45) is 5.41 Å². The van der Waals surface area contributed by atoms with Gasteiger partial charge in [0.1, 0.15) is 0 Å².